The molecule has 1 rings (SSSR count). The van der Waals surface area contributed by atoms with E-state index in [1.54, 1.807) is 0 Å². The van der Waals surface area contributed by atoms with Crippen molar-refractivity contribution in [1.29, 1.82) is 0 Å². The molecule has 0 radical (unpaired) electrons. The Morgan fingerprint density at radius 3 is 2.84 bits per heavy atom. The molecular weight excluding hydrogens is 240 g/mol. The zero-order valence-corrected chi connectivity index (χ0v) is 12.5. The van der Waals surface area contributed by atoms with Gasteiger partial charge in [-0.25, -0.2) is 4.79 Å². The lowest BCUT2D eigenvalue weighted by Crippen LogP contribution is -2.90. The number of allylic oxidation sites excluding steroid dienone is 2. The van der Waals surface area contributed by atoms with Crippen molar-refractivity contribution in [2.45, 2.75) is 59.2 Å². The van der Waals surface area contributed by atoms with Gasteiger partial charge in [-0.3, -0.25) is 5.32 Å². The predicted octanol–water partition coefficient (Wildman–Crippen LogP) is 1.45. The van der Waals surface area contributed by atoms with Crippen LogP contribution in [0.25, 0.3) is 0 Å². The van der Waals surface area contributed by atoms with E-state index in [4.69, 9.17) is 4.74 Å². The van der Waals surface area contributed by atoms with E-state index in [0.717, 1.165) is 18.5 Å². The molecule has 0 amide bonds. The maximum absolute atomic E-state index is 12.1. The number of ether oxygens (including phenoxy) is 1. The molecule has 0 bridgehead atoms. The van der Waals surface area contributed by atoms with Gasteiger partial charge in [0, 0.05) is 12.1 Å². The summed E-state index contributed by atoms with van der Waals surface area (Å²) < 4.78 is 5.30. The van der Waals surface area contributed by atoms with Gasteiger partial charge in [-0.05, 0) is 33.3 Å². The Morgan fingerprint density at radius 2 is 2.21 bits per heavy atom. The Kier molecular flexibility index (Phi) is 6.81. The lowest BCUT2D eigenvalue weighted by molar-refractivity contribution is -0.624. The largest absolute Gasteiger partial charge is 0.459 e. The van der Waals surface area contributed by atoms with Crippen molar-refractivity contribution < 1.29 is 14.8 Å². The molecule has 1 aliphatic heterocycles. The van der Waals surface area contributed by atoms with Crippen LogP contribution in [0.5, 0.6) is 0 Å². The molecule has 1 atom stereocenters. The maximum Gasteiger partial charge on any atom is 0.341 e. The van der Waals surface area contributed by atoms with E-state index < -0.39 is 0 Å². The third kappa shape index (κ3) is 5.57. The molecule has 1 unspecified atom stereocenters. The molecular formula is C15H27N2O2+. The third-order valence-corrected chi connectivity index (χ3v) is 2.99. The zero-order chi connectivity index (χ0) is 14.3. The van der Waals surface area contributed by atoms with Crippen LogP contribution in [0.15, 0.2) is 23.4 Å². The highest BCUT2D eigenvalue weighted by Gasteiger charge is 2.27. The molecule has 0 spiro atoms. The van der Waals surface area contributed by atoms with Crippen LogP contribution >= 0.6 is 0 Å². The summed E-state index contributed by atoms with van der Waals surface area (Å²) >= 11 is 0. The van der Waals surface area contributed by atoms with Crippen LogP contribution in [0.1, 0.15) is 47.0 Å². The van der Waals surface area contributed by atoms with Gasteiger partial charge in [-0.15, -0.1) is 0 Å². The Morgan fingerprint density at radius 1 is 1.47 bits per heavy atom. The van der Waals surface area contributed by atoms with Gasteiger partial charge in [0.1, 0.15) is 5.57 Å². The fourth-order valence-electron chi connectivity index (χ4n) is 2.01. The first kappa shape index (κ1) is 15.9. The molecule has 3 N–H and O–H groups in total. The maximum atomic E-state index is 12.1. The quantitative estimate of drug-likeness (QED) is 0.542. The van der Waals surface area contributed by atoms with Gasteiger partial charge in [-0.1, -0.05) is 19.8 Å². The Hall–Kier alpha value is -1.13. The first-order chi connectivity index (χ1) is 9.04. The van der Waals surface area contributed by atoms with Crippen molar-refractivity contribution in [3.05, 3.63) is 23.4 Å². The Bertz CT molecular complexity index is 359. The lowest BCUT2D eigenvalue weighted by Gasteiger charge is -2.21. The van der Waals surface area contributed by atoms with Gasteiger partial charge < -0.3 is 10.1 Å². The number of unbranched alkanes of at least 4 members (excludes halogenated alkanes) is 2. The summed E-state index contributed by atoms with van der Waals surface area (Å²) in [5.74, 6) is -0.216. The first-order valence-corrected chi connectivity index (χ1v) is 7.22. The number of esters is 1. The summed E-state index contributed by atoms with van der Waals surface area (Å²) in [4.78, 5) is 12.1. The van der Waals surface area contributed by atoms with Gasteiger partial charge in [0.2, 0.25) is 0 Å². The number of quaternary nitrogens is 1. The summed E-state index contributed by atoms with van der Waals surface area (Å²) in [6.07, 6.45) is 7.41. The molecule has 0 saturated carbocycles. The molecule has 0 fully saturated rings. The fraction of sp³-hybridized carbons (Fsp3) is 0.667. The van der Waals surface area contributed by atoms with Crippen LogP contribution in [0.4, 0.5) is 0 Å². The van der Waals surface area contributed by atoms with Crippen molar-refractivity contribution in [2.75, 3.05) is 6.54 Å². The minimum Gasteiger partial charge on any atom is -0.459 e. The van der Waals surface area contributed by atoms with Crippen molar-refractivity contribution in [3.8, 4) is 0 Å². The van der Waals surface area contributed by atoms with E-state index in [0.29, 0.717) is 5.57 Å². The third-order valence-electron chi connectivity index (χ3n) is 2.99. The molecule has 1 heterocycles. The van der Waals surface area contributed by atoms with Crippen LogP contribution in [-0.4, -0.2) is 24.8 Å². The van der Waals surface area contributed by atoms with E-state index >= 15 is 0 Å². The van der Waals surface area contributed by atoms with E-state index in [-0.39, 0.29) is 18.2 Å². The second kappa shape index (κ2) is 8.12. The zero-order valence-electron chi connectivity index (χ0n) is 12.5. The second-order valence-corrected chi connectivity index (χ2v) is 5.30. The minimum atomic E-state index is -0.216. The van der Waals surface area contributed by atoms with E-state index in [9.17, 15) is 4.79 Å². The average molecular weight is 267 g/mol. The number of hydrogen-bond donors (Lipinski definition) is 2. The van der Waals surface area contributed by atoms with Gasteiger partial charge in [0.25, 0.3) is 0 Å². The number of hydrogen-bond acceptors (Lipinski definition) is 3. The second-order valence-electron chi connectivity index (χ2n) is 5.30. The normalized spacial score (nSPS) is 19.1. The molecule has 0 saturated heterocycles. The Labute approximate surface area is 116 Å². The molecule has 4 heteroatoms. The smallest absolute Gasteiger partial charge is 0.341 e. The van der Waals surface area contributed by atoms with Crippen molar-refractivity contribution in [1.82, 2.24) is 5.32 Å². The van der Waals surface area contributed by atoms with Crippen molar-refractivity contribution in [3.63, 3.8) is 0 Å². The highest BCUT2D eigenvalue weighted by Crippen LogP contribution is 2.10. The van der Waals surface area contributed by atoms with Gasteiger partial charge in [-0.2, -0.15) is 0 Å². The molecule has 0 aromatic rings. The monoisotopic (exact) mass is 267 g/mol. The van der Waals surface area contributed by atoms with Crippen LogP contribution in [-0.2, 0) is 9.53 Å². The molecule has 1 aliphatic rings. The standard InChI is InChI=1S/C15H26N2O2/c1-5-6-7-8-16-14-13(9-12(4)10-17-14)15(18)19-11(2)3/h9-11,14,16-17H,5-8H2,1-4H3/p+1. The predicted molar refractivity (Wildman–Crippen MR) is 76.3 cm³/mol. The minimum absolute atomic E-state index is 0.0215. The van der Waals surface area contributed by atoms with Crippen molar-refractivity contribution >= 4 is 5.97 Å². The average Bonchev–Trinajstić information content (AvgIpc) is 2.35. The number of nitrogens with one attached hydrogen (secondary N) is 1. The summed E-state index contributed by atoms with van der Waals surface area (Å²) in [5.41, 5.74) is 1.80. The van der Waals surface area contributed by atoms with Crippen LogP contribution < -0.4 is 10.6 Å². The lowest BCUT2D eigenvalue weighted by atomic mass is 10.1. The van der Waals surface area contributed by atoms with E-state index in [1.165, 1.54) is 12.8 Å². The number of rotatable bonds is 7. The topological polar surface area (TPSA) is 54.9 Å². The molecule has 19 heavy (non-hydrogen) atoms. The number of carbonyl (C=O) groups is 1. The molecule has 0 aromatic carbocycles. The van der Waals surface area contributed by atoms with E-state index in [1.807, 2.05) is 38.4 Å². The van der Waals surface area contributed by atoms with E-state index in [2.05, 4.69) is 12.2 Å². The highest BCUT2D eigenvalue weighted by molar-refractivity contribution is 5.90. The van der Waals surface area contributed by atoms with Gasteiger partial charge in [0.15, 0.2) is 6.17 Å². The molecule has 0 aromatic heterocycles. The number of carbonyl (C=O) groups excluding carboxylic acids is 1. The van der Waals surface area contributed by atoms with Crippen LogP contribution in [0, 0.1) is 0 Å². The summed E-state index contributed by atoms with van der Waals surface area (Å²) in [5, 5.41) is 5.45. The molecule has 4 nitrogen and oxygen atoms in total. The van der Waals surface area contributed by atoms with Gasteiger partial charge in [0.05, 0.1) is 12.3 Å². The van der Waals surface area contributed by atoms with Crippen LogP contribution in [0.3, 0.4) is 0 Å². The number of nitrogens with two attached hydrogens (primary N) is 1. The van der Waals surface area contributed by atoms with Gasteiger partial charge >= 0.3 is 5.97 Å². The fourth-order valence-corrected chi connectivity index (χ4v) is 2.01. The first-order valence-electron chi connectivity index (χ1n) is 7.22. The van der Waals surface area contributed by atoms with Crippen LogP contribution in [0.2, 0.25) is 0 Å². The summed E-state index contributed by atoms with van der Waals surface area (Å²) in [7, 11) is 0. The summed E-state index contributed by atoms with van der Waals surface area (Å²) in [6.45, 7) is 8.85. The SMILES string of the molecule is CCCCCNC1[NH2+]C=C(C)C=C1C(=O)OC(C)C. The molecule has 108 valence electrons. The Balaban J connectivity index is 2.59. The summed E-state index contributed by atoms with van der Waals surface area (Å²) in [6, 6.07) is 0. The highest BCUT2D eigenvalue weighted by atomic mass is 16.5. The molecule has 0 aliphatic carbocycles. The van der Waals surface area contributed by atoms with Crippen molar-refractivity contribution in [2.24, 2.45) is 0 Å².